The van der Waals surface area contributed by atoms with Gasteiger partial charge in [0, 0.05) is 19.7 Å². The molecule has 35 heavy (non-hydrogen) atoms. The van der Waals surface area contributed by atoms with E-state index in [9.17, 15) is 18.0 Å². The number of hydrogen-bond acceptors (Lipinski definition) is 6. The first-order chi connectivity index (χ1) is 16.7. The van der Waals surface area contributed by atoms with Crippen molar-refractivity contribution in [1.29, 1.82) is 0 Å². The quantitative estimate of drug-likeness (QED) is 0.534. The molecule has 10 heteroatoms. The third kappa shape index (κ3) is 6.25. The molecule has 1 aliphatic heterocycles. The fourth-order valence-corrected chi connectivity index (χ4v) is 4.94. The largest absolute Gasteiger partial charge is 0.486 e. The maximum atomic E-state index is 13.7. The zero-order valence-corrected chi connectivity index (χ0v) is 21.4. The van der Waals surface area contributed by atoms with Gasteiger partial charge in [-0.3, -0.25) is 13.9 Å². The zero-order valence-electron chi connectivity index (χ0n) is 20.6. The van der Waals surface area contributed by atoms with Crippen LogP contribution in [0.3, 0.4) is 0 Å². The van der Waals surface area contributed by atoms with Crippen molar-refractivity contribution in [3.8, 4) is 11.5 Å². The number of nitrogens with zero attached hydrogens (tertiary/aromatic N) is 2. The molecule has 0 saturated carbocycles. The number of likely N-dealkylation sites (N-methyl/N-ethyl adjacent to an activating group) is 1. The number of anilines is 1. The number of ether oxygens (including phenoxy) is 2. The number of sulfonamides is 1. The molecular weight excluding hydrogens is 470 g/mol. The minimum absolute atomic E-state index is 0.173. The Kier molecular flexibility index (Phi) is 8.61. The molecule has 0 unspecified atom stereocenters. The van der Waals surface area contributed by atoms with Gasteiger partial charge in [-0.1, -0.05) is 36.8 Å². The second-order valence-electron chi connectivity index (χ2n) is 8.28. The second kappa shape index (κ2) is 11.4. The average molecular weight is 504 g/mol. The van der Waals surface area contributed by atoms with E-state index in [-0.39, 0.29) is 18.2 Å². The smallest absolute Gasteiger partial charge is 0.244 e. The van der Waals surface area contributed by atoms with E-state index >= 15 is 0 Å². The highest BCUT2D eigenvalue weighted by Gasteiger charge is 2.32. The van der Waals surface area contributed by atoms with Crippen molar-refractivity contribution < 1.29 is 27.5 Å². The van der Waals surface area contributed by atoms with E-state index in [0.717, 1.165) is 15.4 Å². The fraction of sp³-hybridized carbons (Fsp3) is 0.440. The van der Waals surface area contributed by atoms with Gasteiger partial charge in [0.25, 0.3) is 0 Å². The molecule has 1 atom stereocenters. The van der Waals surface area contributed by atoms with Gasteiger partial charge in [-0.15, -0.1) is 0 Å². The van der Waals surface area contributed by atoms with Crippen LogP contribution in [-0.2, 0) is 26.2 Å². The Balaban J connectivity index is 1.97. The fourth-order valence-electron chi connectivity index (χ4n) is 3.88. The molecule has 0 spiro atoms. The minimum atomic E-state index is -3.82. The van der Waals surface area contributed by atoms with Crippen LogP contribution in [0.2, 0.25) is 0 Å². The van der Waals surface area contributed by atoms with E-state index in [1.807, 2.05) is 38.1 Å². The summed E-state index contributed by atoms with van der Waals surface area (Å²) in [5.74, 6) is -0.0398. The molecule has 1 heterocycles. The van der Waals surface area contributed by atoms with Gasteiger partial charge in [-0.25, -0.2) is 8.42 Å². The van der Waals surface area contributed by atoms with Gasteiger partial charge in [0.05, 0.1) is 11.4 Å². The Morgan fingerprint density at radius 2 is 1.69 bits per heavy atom. The van der Waals surface area contributed by atoms with E-state index in [2.05, 4.69) is 5.32 Å². The van der Waals surface area contributed by atoms with Crippen molar-refractivity contribution >= 4 is 27.5 Å². The van der Waals surface area contributed by atoms with Crippen LogP contribution in [0.1, 0.15) is 31.4 Å². The lowest BCUT2D eigenvalue weighted by atomic mass is 10.1. The maximum absolute atomic E-state index is 13.7. The first-order valence-corrected chi connectivity index (χ1v) is 13.3. The predicted octanol–water partition coefficient (Wildman–Crippen LogP) is 2.48. The topological polar surface area (TPSA) is 105 Å². The molecule has 0 bridgehead atoms. The first kappa shape index (κ1) is 26.3. The van der Waals surface area contributed by atoms with Crippen LogP contribution in [0.25, 0.3) is 0 Å². The molecule has 0 radical (unpaired) electrons. The molecule has 9 nitrogen and oxygen atoms in total. The summed E-state index contributed by atoms with van der Waals surface area (Å²) in [6.07, 6.45) is 0.377. The SMILES string of the molecule is CC[C@@H](C(=O)NC)N(Cc1ccc(C)cc1)C(=O)CN(c1ccc2c(c1)OCCO2)S(=O)(=O)CC. The number of hydrogen-bond donors (Lipinski definition) is 1. The summed E-state index contributed by atoms with van der Waals surface area (Å²) in [7, 11) is -2.30. The molecule has 190 valence electrons. The summed E-state index contributed by atoms with van der Waals surface area (Å²) in [6.45, 7) is 5.79. The lowest BCUT2D eigenvalue weighted by Crippen LogP contribution is -2.52. The van der Waals surface area contributed by atoms with E-state index in [1.54, 1.807) is 18.2 Å². The van der Waals surface area contributed by atoms with E-state index in [0.29, 0.717) is 36.8 Å². The number of aryl methyl sites for hydroxylation is 1. The van der Waals surface area contributed by atoms with Crippen molar-refractivity contribution in [2.24, 2.45) is 0 Å². The van der Waals surface area contributed by atoms with Gasteiger partial charge in [0.2, 0.25) is 21.8 Å². The molecule has 3 rings (SSSR count). The van der Waals surface area contributed by atoms with Crippen LogP contribution < -0.4 is 19.1 Å². The van der Waals surface area contributed by atoms with Gasteiger partial charge in [0.15, 0.2) is 11.5 Å². The summed E-state index contributed by atoms with van der Waals surface area (Å²) >= 11 is 0. The molecule has 1 N–H and O–H groups in total. The summed E-state index contributed by atoms with van der Waals surface area (Å²) < 4.78 is 38.3. The van der Waals surface area contributed by atoms with Crippen molar-refractivity contribution in [2.75, 3.05) is 36.9 Å². The van der Waals surface area contributed by atoms with Crippen molar-refractivity contribution in [1.82, 2.24) is 10.2 Å². The summed E-state index contributed by atoms with van der Waals surface area (Å²) in [5.41, 5.74) is 2.21. The average Bonchev–Trinajstić information content (AvgIpc) is 2.87. The highest BCUT2D eigenvalue weighted by molar-refractivity contribution is 7.92. The Bertz CT molecular complexity index is 1150. The number of benzene rings is 2. The van der Waals surface area contributed by atoms with Crippen molar-refractivity contribution in [3.05, 3.63) is 53.6 Å². The van der Waals surface area contributed by atoms with Crippen molar-refractivity contribution in [3.63, 3.8) is 0 Å². The summed E-state index contributed by atoms with van der Waals surface area (Å²) in [4.78, 5) is 27.7. The van der Waals surface area contributed by atoms with Gasteiger partial charge >= 0.3 is 0 Å². The lowest BCUT2D eigenvalue weighted by molar-refractivity contribution is -0.140. The molecule has 0 saturated heterocycles. The van der Waals surface area contributed by atoms with Gasteiger partial charge in [-0.05, 0) is 38.0 Å². The highest BCUT2D eigenvalue weighted by Crippen LogP contribution is 2.35. The van der Waals surface area contributed by atoms with Crippen LogP contribution in [0.4, 0.5) is 5.69 Å². The molecule has 1 aliphatic rings. The van der Waals surface area contributed by atoms with E-state index in [1.165, 1.54) is 18.9 Å². The molecule has 2 amide bonds. The number of nitrogens with one attached hydrogen (secondary N) is 1. The van der Waals surface area contributed by atoms with Crippen LogP contribution in [0.15, 0.2) is 42.5 Å². The number of rotatable bonds is 10. The van der Waals surface area contributed by atoms with Crippen molar-refractivity contribution in [2.45, 2.75) is 39.8 Å². The molecule has 0 aliphatic carbocycles. The molecule has 2 aromatic carbocycles. The Hall–Kier alpha value is -3.27. The van der Waals surface area contributed by atoms with Gasteiger partial charge in [0.1, 0.15) is 25.8 Å². The van der Waals surface area contributed by atoms with E-state index < -0.39 is 28.5 Å². The Labute approximate surface area is 207 Å². The molecular formula is C25H33N3O6S. The van der Waals surface area contributed by atoms with Crippen LogP contribution in [-0.4, -0.2) is 63.7 Å². The Morgan fingerprint density at radius 3 is 2.29 bits per heavy atom. The standard InChI is InChI=1S/C25H33N3O6S/c1-5-21(25(30)26-4)27(16-19-9-7-18(3)8-10-19)24(29)17-28(35(31,32)6-2)20-11-12-22-23(15-20)34-14-13-33-22/h7-12,15,21H,5-6,13-14,16-17H2,1-4H3,(H,26,30)/t21-/m0/s1. The van der Waals surface area contributed by atoms with Crippen LogP contribution in [0.5, 0.6) is 11.5 Å². The number of amides is 2. The van der Waals surface area contributed by atoms with Crippen LogP contribution in [0, 0.1) is 6.92 Å². The first-order valence-electron chi connectivity index (χ1n) is 11.7. The van der Waals surface area contributed by atoms with Gasteiger partial charge < -0.3 is 19.7 Å². The minimum Gasteiger partial charge on any atom is -0.486 e. The zero-order chi connectivity index (χ0) is 25.6. The van der Waals surface area contributed by atoms with Gasteiger partial charge in [-0.2, -0.15) is 0 Å². The summed E-state index contributed by atoms with van der Waals surface area (Å²) in [5, 5.41) is 2.61. The second-order valence-corrected chi connectivity index (χ2v) is 10.5. The number of carbonyl (C=O) groups is 2. The summed E-state index contributed by atoms with van der Waals surface area (Å²) in [6, 6.07) is 11.7. The normalized spacial score (nSPS) is 13.6. The highest BCUT2D eigenvalue weighted by atomic mass is 32.2. The number of carbonyl (C=O) groups excluding carboxylic acids is 2. The molecule has 0 aromatic heterocycles. The Morgan fingerprint density at radius 1 is 1.03 bits per heavy atom. The monoisotopic (exact) mass is 503 g/mol. The third-order valence-corrected chi connectivity index (χ3v) is 7.64. The van der Waals surface area contributed by atoms with E-state index in [4.69, 9.17) is 9.47 Å². The maximum Gasteiger partial charge on any atom is 0.244 e. The molecule has 0 fully saturated rings. The van der Waals surface area contributed by atoms with Crippen LogP contribution >= 0.6 is 0 Å². The number of fused-ring (bicyclic) bond motifs is 1. The third-order valence-electron chi connectivity index (χ3n) is 5.90. The molecule has 2 aromatic rings. The predicted molar refractivity (Wildman–Crippen MR) is 134 cm³/mol. The lowest BCUT2D eigenvalue weighted by Gasteiger charge is -2.33.